The summed E-state index contributed by atoms with van der Waals surface area (Å²) in [5.74, 6) is -0.0762. The van der Waals surface area contributed by atoms with Crippen LogP contribution in [0.3, 0.4) is 0 Å². The Morgan fingerprint density at radius 2 is 2.00 bits per heavy atom. The van der Waals surface area contributed by atoms with Gasteiger partial charge < -0.3 is 10.2 Å². The summed E-state index contributed by atoms with van der Waals surface area (Å²) in [5.41, 5.74) is 3.03. The molecule has 6 nitrogen and oxygen atoms in total. The Morgan fingerprint density at radius 1 is 1.24 bits per heavy atom. The Morgan fingerprint density at radius 3 is 2.66 bits per heavy atom. The van der Waals surface area contributed by atoms with E-state index in [4.69, 9.17) is 4.99 Å². The third-order valence-corrected chi connectivity index (χ3v) is 5.15. The van der Waals surface area contributed by atoms with Crippen molar-refractivity contribution in [3.05, 3.63) is 70.8 Å². The summed E-state index contributed by atoms with van der Waals surface area (Å²) in [4.78, 5) is 22.0. The average Bonchev–Trinajstić information content (AvgIpc) is 2.98. The van der Waals surface area contributed by atoms with E-state index in [0.29, 0.717) is 27.9 Å². The Hall–Kier alpha value is -3.24. The lowest BCUT2D eigenvalue weighted by atomic mass is 10.2. The molecule has 0 aliphatic carbocycles. The van der Waals surface area contributed by atoms with Gasteiger partial charge in [-0.2, -0.15) is 5.26 Å². The zero-order chi connectivity index (χ0) is 20.8. The van der Waals surface area contributed by atoms with Crippen LogP contribution in [0, 0.1) is 11.3 Å². The molecule has 0 radical (unpaired) electrons. The summed E-state index contributed by atoms with van der Waals surface area (Å²) < 4.78 is 0. The highest BCUT2D eigenvalue weighted by Crippen LogP contribution is 2.36. The standard InChI is InChI=1S/C22H23N5OS/c1-4-24-18-11-10-17(13-23)12-19(18)25-22-27(14-16-8-6-5-7-9-16)21(28)20(29-22)15-26(2)3/h5-12,15,24H,4,14H2,1-3H3/b20-15-,25-22-. The summed E-state index contributed by atoms with van der Waals surface area (Å²) in [6.07, 6.45) is 1.81. The van der Waals surface area contributed by atoms with E-state index in [1.807, 2.05) is 68.5 Å². The maximum Gasteiger partial charge on any atom is 0.268 e. The number of amidine groups is 1. The smallest absolute Gasteiger partial charge is 0.268 e. The van der Waals surface area contributed by atoms with Crippen LogP contribution in [0.1, 0.15) is 18.1 Å². The number of aliphatic imine (C=N–C) groups is 1. The monoisotopic (exact) mass is 405 g/mol. The van der Waals surface area contributed by atoms with E-state index in [-0.39, 0.29) is 5.91 Å². The summed E-state index contributed by atoms with van der Waals surface area (Å²) in [7, 11) is 3.77. The lowest BCUT2D eigenvalue weighted by molar-refractivity contribution is -0.122. The molecule has 1 aliphatic rings. The number of rotatable bonds is 6. The Balaban J connectivity index is 2.04. The molecule has 1 heterocycles. The molecule has 1 N–H and O–H groups in total. The number of amides is 1. The highest BCUT2D eigenvalue weighted by atomic mass is 32.2. The maximum absolute atomic E-state index is 13.0. The van der Waals surface area contributed by atoms with Crippen LogP contribution in [-0.2, 0) is 11.3 Å². The number of hydrogen-bond donors (Lipinski definition) is 1. The van der Waals surface area contributed by atoms with Gasteiger partial charge in [-0.15, -0.1) is 0 Å². The van der Waals surface area contributed by atoms with Crippen LogP contribution < -0.4 is 5.32 Å². The Kier molecular flexibility index (Phi) is 6.57. The van der Waals surface area contributed by atoms with Crippen LogP contribution in [0.2, 0.25) is 0 Å². The van der Waals surface area contributed by atoms with E-state index in [0.717, 1.165) is 17.8 Å². The third kappa shape index (κ3) is 4.98. The molecular weight excluding hydrogens is 382 g/mol. The van der Waals surface area contributed by atoms with E-state index in [1.165, 1.54) is 11.8 Å². The van der Waals surface area contributed by atoms with Crippen molar-refractivity contribution in [2.24, 2.45) is 4.99 Å². The maximum atomic E-state index is 13.0. The fourth-order valence-corrected chi connectivity index (χ4v) is 3.92. The minimum Gasteiger partial charge on any atom is -0.384 e. The van der Waals surface area contributed by atoms with Crippen molar-refractivity contribution in [3.8, 4) is 6.07 Å². The third-order valence-electron chi connectivity index (χ3n) is 4.16. The molecule has 1 saturated heterocycles. The van der Waals surface area contributed by atoms with Gasteiger partial charge in [-0.05, 0) is 42.4 Å². The first-order valence-electron chi connectivity index (χ1n) is 9.30. The molecule has 0 atom stereocenters. The molecule has 29 heavy (non-hydrogen) atoms. The van der Waals surface area contributed by atoms with E-state index in [9.17, 15) is 10.1 Å². The molecule has 7 heteroatoms. The van der Waals surface area contributed by atoms with Crippen LogP contribution in [0.4, 0.5) is 11.4 Å². The van der Waals surface area contributed by atoms with Gasteiger partial charge in [0.1, 0.15) is 0 Å². The summed E-state index contributed by atoms with van der Waals surface area (Å²) in [6.45, 7) is 3.17. The van der Waals surface area contributed by atoms with Crippen LogP contribution in [-0.4, -0.2) is 41.5 Å². The molecule has 1 aliphatic heterocycles. The number of benzene rings is 2. The van der Waals surface area contributed by atoms with Crippen LogP contribution in [0.5, 0.6) is 0 Å². The molecule has 0 bridgehead atoms. The normalized spacial score (nSPS) is 16.3. The van der Waals surface area contributed by atoms with Gasteiger partial charge >= 0.3 is 0 Å². The van der Waals surface area contributed by atoms with Gasteiger partial charge in [0.2, 0.25) is 0 Å². The van der Waals surface area contributed by atoms with Gasteiger partial charge in [-0.25, -0.2) is 4.99 Å². The predicted octanol–water partition coefficient (Wildman–Crippen LogP) is 4.16. The van der Waals surface area contributed by atoms with Crippen LogP contribution >= 0.6 is 11.8 Å². The number of anilines is 1. The molecule has 0 spiro atoms. The second-order valence-electron chi connectivity index (χ2n) is 6.70. The SMILES string of the molecule is CCNc1ccc(C#N)cc1/N=C1\S/C(=C\N(C)C)C(=O)N1Cc1ccccc1. The van der Waals surface area contributed by atoms with Gasteiger partial charge in [0.05, 0.1) is 34.5 Å². The molecule has 0 unspecified atom stereocenters. The van der Waals surface area contributed by atoms with Gasteiger partial charge in [0, 0.05) is 26.8 Å². The van der Waals surface area contributed by atoms with Gasteiger partial charge in [0.15, 0.2) is 5.17 Å². The average molecular weight is 406 g/mol. The van der Waals surface area contributed by atoms with Crippen molar-refractivity contribution in [3.63, 3.8) is 0 Å². The second-order valence-corrected chi connectivity index (χ2v) is 7.71. The van der Waals surface area contributed by atoms with Gasteiger partial charge in [-0.1, -0.05) is 30.3 Å². The molecule has 3 rings (SSSR count). The van der Waals surface area contributed by atoms with Crippen LogP contribution in [0.25, 0.3) is 0 Å². The first kappa shape index (κ1) is 20.5. The molecule has 2 aromatic carbocycles. The number of hydrogen-bond acceptors (Lipinski definition) is 6. The molecule has 1 amide bonds. The Bertz CT molecular complexity index is 992. The van der Waals surface area contributed by atoms with Crippen molar-refractivity contribution in [1.29, 1.82) is 5.26 Å². The van der Waals surface area contributed by atoms with Crippen molar-refractivity contribution in [2.75, 3.05) is 26.0 Å². The minimum atomic E-state index is -0.0762. The van der Waals surface area contributed by atoms with Gasteiger partial charge in [-0.3, -0.25) is 9.69 Å². The highest BCUT2D eigenvalue weighted by Gasteiger charge is 2.34. The first-order chi connectivity index (χ1) is 14.0. The number of carbonyl (C=O) groups excluding carboxylic acids is 1. The number of nitrogens with one attached hydrogen (secondary N) is 1. The molecule has 1 fully saturated rings. The largest absolute Gasteiger partial charge is 0.384 e. The van der Waals surface area contributed by atoms with Crippen molar-refractivity contribution < 1.29 is 4.79 Å². The van der Waals surface area contributed by atoms with Crippen molar-refractivity contribution >= 4 is 34.2 Å². The molecule has 148 valence electrons. The summed E-state index contributed by atoms with van der Waals surface area (Å²) in [6, 6.07) is 17.3. The van der Waals surface area contributed by atoms with E-state index < -0.39 is 0 Å². The minimum absolute atomic E-state index is 0.0762. The highest BCUT2D eigenvalue weighted by molar-refractivity contribution is 8.18. The molecular formula is C22H23N5OS. The number of nitriles is 1. The second kappa shape index (κ2) is 9.30. The van der Waals surface area contributed by atoms with E-state index >= 15 is 0 Å². The lowest BCUT2D eigenvalue weighted by Crippen LogP contribution is -2.28. The molecule has 0 aromatic heterocycles. The summed E-state index contributed by atoms with van der Waals surface area (Å²) >= 11 is 1.34. The van der Waals surface area contributed by atoms with Crippen molar-refractivity contribution in [2.45, 2.75) is 13.5 Å². The van der Waals surface area contributed by atoms with E-state index in [1.54, 1.807) is 17.0 Å². The van der Waals surface area contributed by atoms with Crippen molar-refractivity contribution in [1.82, 2.24) is 9.80 Å². The topological polar surface area (TPSA) is 71.7 Å². The van der Waals surface area contributed by atoms with Gasteiger partial charge in [0.25, 0.3) is 5.91 Å². The Labute approximate surface area is 175 Å². The fourth-order valence-electron chi connectivity index (χ4n) is 2.86. The number of carbonyl (C=O) groups is 1. The molecule has 2 aromatic rings. The summed E-state index contributed by atoms with van der Waals surface area (Å²) in [5, 5.41) is 13.1. The lowest BCUT2D eigenvalue weighted by Gasteiger charge is -2.16. The van der Waals surface area contributed by atoms with Crippen LogP contribution in [0.15, 0.2) is 64.6 Å². The van der Waals surface area contributed by atoms with E-state index in [2.05, 4.69) is 11.4 Å². The first-order valence-corrected chi connectivity index (χ1v) is 10.1. The number of thioether (sulfide) groups is 1. The quantitative estimate of drug-likeness (QED) is 0.731. The predicted molar refractivity (Wildman–Crippen MR) is 119 cm³/mol. The number of nitrogens with zero attached hydrogens (tertiary/aromatic N) is 4. The molecule has 0 saturated carbocycles. The zero-order valence-electron chi connectivity index (χ0n) is 16.7. The fraction of sp³-hybridized carbons (Fsp3) is 0.227. The zero-order valence-corrected chi connectivity index (χ0v) is 17.5.